The number of benzene rings is 2. The first-order valence-corrected chi connectivity index (χ1v) is 7.56. The van der Waals surface area contributed by atoms with E-state index in [9.17, 15) is 5.11 Å². The van der Waals surface area contributed by atoms with Crippen molar-refractivity contribution in [1.82, 2.24) is 0 Å². The molecule has 0 aliphatic carbocycles. The molecular formula is C21H20O. The molecule has 2 aromatic carbocycles. The molecule has 0 aliphatic rings. The van der Waals surface area contributed by atoms with Crippen molar-refractivity contribution in [3.8, 4) is 24.2 Å². The molecule has 1 nitrogen and oxygen atoms in total. The summed E-state index contributed by atoms with van der Waals surface area (Å²) in [4.78, 5) is 0. The fourth-order valence-corrected chi connectivity index (χ4v) is 2.24. The predicted octanol–water partition coefficient (Wildman–Crippen LogP) is 4.41. The normalized spacial score (nSPS) is 10.8. The van der Waals surface area contributed by atoms with E-state index in [4.69, 9.17) is 6.42 Å². The Bertz CT molecular complexity index is 751. The smallest absolute Gasteiger partial charge is 0.0760 e. The molecule has 0 heterocycles. The maximum absolute atomic E-state index is 9.44. The van der Waals surface area contributed by atoms with Crippen LogP contribution < -0.4 is 0 Å². The number of rotatable bonds is 5. The largest absolute Gasteiger partial charge is 0.391 e. The van der Waals surface area contributed by atoms with Gasteiger partial charge in [0.15, 0.2) is 0 Å². The summed E-state index contributed by atoms with van der Waals surface area (Å²) >= 11 is 0. The highest BCUT2D eigenvalue weighted by atomic mass is 16.3. The molecule has 0 fully saturated rings. The van der Waals surface area contributed by atoms with Gasteiger partial charge in [-0.2, -0.15) is 0 Å². The maximum atomic E-state index is 9.44. The Morgan fingerprint density at radius 3 is 2.59 bits per heavy atom. The second-order valence-corrected chi connectivity index (χ2v) is 5.15. The van der Waals surface area contributed by atoms with Crippen molar-refractivity contribution < 1.29 is 5.11 Å². The zero-order chi connectivity index (χ0) is 15.6. The van der Waals surface area contributed by atoms with Gasteiger partial charge in [0.1, 0.15) is 0 Å². The average Bonchev–Trinajstić information content (AvgIpc) is 2.56. The van der Waals surface area contributed by atoms with Crippen LogP contribution in [0.3, 0.4) is 0 Å². The van der Waals surface area contributed by atoms with Crippen LogP contribution in [-0.4, -0.2) is 11.7 Å². The van der Waals surface area contributed by atoms with Crippen molar-refractivity contribution in [2.24, 2.45) is 0 Å². The quantitative estimate of drug-likeness (QED) is 0.638. The van der Waals surface area contributed by atoms with E-state index >= 15 is 0 Å². The lowest BCUT2D eigenvalue weighted by molar-refractivity contribution is 0.337. The summed E-state index contributed by atoms with van der Waals surface area (Å²) in [6, 6.07) is 14.5. The molecular weight excluding hydrogens is 268 g/mol. The fourth-order valence-electron chi connectivity index (χ4n) is 2.24. The molecule has 0 unspecified atom stereocenters. The Kier molecular flexibility index (Phi) is 6.31. The Balaban J connectivity index is 2.07. The van der Waals surface area contributed by atoms with Gasteiger partial charge in [-0.1, -0.05) is 48.2 Å². The highest BCUT2D eigenvalue weighted by molar-refractivity contribution is 5.85. The van der Waals surface area contributed by atoms with Gasteiger partial charge in [-0.05, 0) is 41.3 Å². The molecule has 2 rings (SSSR count). The summed E-state index contributed by atoms with van der Waals surface area (Å²) < 4.78 is 0. The first kappa shape index (κ1) is 15.9. The van der Waals surface area contributed by atoms with Gasteiger partial charge in [-0.25, -0.2) is 0 Å². The minimum atomic E-state index is -0.0375. The number of hydrogen-bond acceptors (Lipinski definition) is 1. The van der Waals surface area contributed by atoms with Crippen LogP contribution in [0.5, 0.6) is 0 Å². The lowest BCUT2D eigenvalue weighted by Gasteiger charge is -2.00. The Morgan fingerprint density at radius 2 is 1.82 bits per heavy atom. The molecule has 0 radical (unpaired) electrons. The van der Waals surface area contributed by atoms with Gasteiger partial charge in [0.05, 0.1) is 6.61 Å². The first-order chi connectivity index (χ1) is 10.8. The van der Waals surface area contributed by atoms with E-state index in [1.54, 1.807) is 0 Å². The number of unbranched alkanes of at least 4 members (excludes halogenated alkanes) is 3. The van der Waals surface area contributed by atoms with Crippen LogP contribution in [0, 0.1) is 24.2 Å². The van der Waals surface area contributed by atoms with Crippen LogP contribution in [0.4, 0.5) is 0 Å². The molecule has 0 aromatic heterocycles. The standard InChI is InChI=1S/C21H20O/c1-2-3-4-5-6-7-10-19(17-22)15-18-13-14-20-11-8-9-12-21(20)16-18/h1,8-9,11-16,22H,3-6,17H2. The molecule has 22 heavy (non-hydrogen) atoms. The number of aliphatic hydroxyl groups excluding tert-OH is 1. The summed E-state index contributed by atoms with van der Waals surface area (Å²) in [7, 11) is 0. The molecule has 0 saturated heterocycles. The summed E-state index contributed by atoms with van der Waals surface area (Å²) in [5, 5.41) is 11.8. The van der Waals surface area contributed by atoms with Crippen molar-refractivity contribution >= 4 is 16.8 Å². The number of fused-ring (bicyclic) bond motifs is 1. The van der Waals surface area contributed by atoms with Crippen molar-refractivity contribution in [2.75, 3.05) is 6.61 Å². The highest BCUT2D eigenvalue weighted by Crippen LogP contribution is 2.17. The van der Waals surface area contributed by atoms with E-state index in [1.165, 1.54) is 10.8 Å². The summed E-state index contributed by atoms with van der Waals surface area (Å²) in [6.07, 6.45) is 10.8. The Labute approximate surface area is 132 Å². The van der Waals surface area contributed by atoms with Gasteiger partial charge >= 0.3 is 0 Å². The summed E-state index contributed by atoms with van der Waals surface area (Å²) in [5.41, 5.74) is 1.80. The van der Waals surface area contributed by atoms with Gasteiger partial charge in [-0.15, -0.1) is 12.3 Å². The molecule has 2 aromatic rings. The lowest BCUT2D eigenvalue weighted by atomic mass is 10.1. The van der Waals surface area contributed by atoms with E-state index in [-0.39, 0.29) is 6.61 Å². The molecule has 0 atom stereocenters. The van der Waals surface area contributed by atoms with E-state index in [0.717, 1.165) is 36.8 Å². The van der Waals surface area contributed by atoms with E-state index < -0.39 is 0 Å². The molecule has 0 amide bonds. The van der Waals surface area contributed by atoms with E-state index in [1.807, 2.05) is 24.3 Å². The molecule has 1 N–H and O–H groups in total. The SMILES string of the molecule is C#CCCCCC#CC(=Cc1ccc2ccccc2c1)CO. The number of terminal acetylenes is 1. The van der Waals surface area contributed by atoms with Crippen LogP contribution in [0.25, 0.3) is 16.8 Å². The summed E-state index contributed by atoms with van der Waals surface area (Å²) in [6.45, 7) is -0.0375. The number of hydrogen-bond donors (Lipinski definition) is 1. The zero-order valence-corrected chi connectivity index (χ0v) is 12.7. The zero-order valence-electron chi connectivity index (χ0n) is 12.7. The van der Waals surface area contributed by atoms with Crippen molar-refractivity contribution in [3.63, 3.8) is 0 Å². The molecule has 0 aliphatic heterocycles. The molecule has 110 valence electrons. The molecule has 0 spiro atoms. The van der Waals surface area contributed by atoms with Crippen molar-refractivity contribution in [2.45, 2.75) is 25.7 Å². The van der Waals surface area contributed by atoms with Gasteiger partial charge in [0.2, 0.25) is 0 Å². The molecule has 0 bridgehead atoms. The van der Waals surface area contributed by atoms with E-state index in [0.29, 0.717) is 0 Å². The van der Waals surface area contributed by atoms with Gasteiger partial charge < -0.3 is 5.11 Å². The minimum absolute atomic E-state index is 0.0375. The first-order valence-electron chi connectivity index (χ1n) is 7.56. The maximum Gasteiger partial charge on any atom is 0.0760 e. The number of aliphatic hydroxyl groups is 1. The predicted molar refractivity (Wildman–Crippen MR) is 94.1 cm³/mol. The second kappa shape index (κ2) is 8.73. The molecule has 0 saturated carbocycles. The van der Waals surface area contributed by atoms with Crippen molar-refractivity contribution in [3.05, 3.63) is 53.6 Å². The lowest BCUT2D eigenvalue weighted by Crippen LogP contribution is -1.87. The minimum Gasteiger partial charge on any atom is -0.391 e. The van der Waals surface area contributed by atoms with Crippen LogP contribution in [0.1, 0.15) is 31.2 Å². The Hall–Kier alpha value is -2.48. The second-order valence-electron chi connectivity index (χ2n) is 5.15. The topological polar surface area (TPSA) is 20.2 Å². The third-order valence-electron chi connectivity index (χ3n) is 3.41. The van der Waals surface area contributed by atoms with Crippen LogP contribution in [0.2, 0.25) is 0 Å². The highest BCUT2D eigenvalue weighted by Gasteiger charge is 1.96. The van der Waals surface area contributed by atoms with Gasteiger partial charge in [0, 0.05) is 18.4 Å². The molecule has 1 heteroatoms. The van der Waals surface area contributed by atoms with Gasteiger partial charge in [-0.3, -0.25) is 0 Å². The average molecular weight is 288 g/mol. The van der Waals surface area contributed by atoms with E-state index in [2.05, 4.69) is 42.0 Å². The third kappa shape index (κ3) is 4.81. The van der Waals surface area contributed by atoms with Gasteiger partial charge in [0.25, 0.3) is 0 Å². The Morgan fingerprint density at radius 1 is 1.05 bits per heavy atom. The summed E-state index contributed by atoms with van der Waals surface area (Å²) in [5.74, 6) is 8.78. The van der Waals surface area contributed by atoms with Crippen LogP contribution >= 0.6 is 0 Å². The van der Waals surface area contributed by atoms with Crippen molar-refractivity contribution in [1.29, 1.82) is 0 Å². The monoisotopic (exact) mass is 288 g/mol. The third-order valence-corrected chi connectivity index (χ3v) is 3.41. The van der Waals surface area contributed by atoms with Crippen LogP contribution in [0.15, 0.2) is 48.0 Å². The fraction of sp³-hybridized carbons (Fsp3) is 0.238. The van der Waals surface area contributed by atoms with Crippen LogP contribution in [-0.2, 0) is 0 Å².